The van der Waals surface area contributed by atoms with Crippen molar-refractivity contribution in [2.24, 2.45) is 4.99 Å². The van der Waals surface area contributed by atoms with Crippen molar-refractivity contribution in [1.82, 2.24) is 4.57 Å². The highest BCUT2D eigenvalue weighted by Gasteiger charge is 2.12. The Balaban J connectivity index is 1.60. The third-order valence-corrected chi connectivity index (χ3v) is 6.66. The number of nitrogens with zero attached hydrogens (tertiary/aromatic N) is 2. The van der Waals surface area contributed by atoms with Crippen LogP contribution >= 0.6 is 11.3 Å². The molecule has 4 nitrogen and oxygen atoms in total. The van der Waals surface area contributed by atoms with Gasteiger partial charge in [0.05, 0.1) is 23.2 Å². The fourth-order valence-corrected chi connectivity index (χ4v) is 5.25. The Kier molecular flexibility index (Phi) is 5.37. The molecule has 5 rings (SSSR count). The van der Waals surface area contributed by atoms with Crippen LogP contribution in [0.4, 0.5) is 0 Å². The fourth-order valence-electron chi connectivity index (χ4n) is 4.04. The Morgan fingerprint density at radius 2 is 1.61 bits per heavy atom. The van der Waals surface area contributed by atoms with Crippen LogP contribution in [0.3, 0.4) is 0 Å². The molecule has 0 N–H and O–H groups in total. The molecule has 5 heteroatoms. The molecule has 1 aromatic heterocycles. The quantitative estimate of drug-likeness (QED) is 0.381. The number of carbonyl (C=O) groups excluding carboxylic acids is 1. The van der Waals surface area contributed by atoms with E-state index in [1.807, 2.05) is 36.4 Å². The zero-order chi connectivity index (χ0) is 21.2. The van der Waals surface area contributed by atoms with Gasteiger partial charge in [-0.2, -0.15) is 4.99 Å². The van der Waals surface area contributed by atoms with E-state index in [0.29, 0.717) is 18.0 Å². The summed E-state index contributed by atoms with van der Waals surface area (Å²) >= 11 is 1.57. The van der Waals surface area contributed by atoms with Crippen LogP contribution in [0, 0.1) is 0 Å². The van der Waals surface area contributed by atoms with Crippen LogP contribution in [0.15, 0.2) is 83.9 Å². The van der Waals surface area contributed by atoms with Crippen molar-refractivity contribution < 1.29 is 9.53 Å². The minimum absolute atomic E-state index is 0.140. The number of benzene rings is 4. The summed E-state index contributed by atoms with van der Waals surface area (Å²) in [5, 5.41) is 4.60. The van der Waals surface area contributed by atoms with E-state index in [9.17, 15) is 4.79 Å². The van der Waals surface area contributed by atoms with E-state index in [1.165, 1.54) is 10.8 Å². The average molecular weight is 427 g/mol. The number of thiazole rings is 1. The molecule has 0 saturated carbocycles. The van der Waals surface area contributed by atoms with Gasteiger partial charge in [-0.3, -0.25) is 4.79 Å². The first-order chi connectivity index (χ1) is 15.2. The minimum atomic E-state index is -0.140. The molecule has 1 heterocycles. The van der Waals surface area contributed by atoms with Gasteiger partial charge < -0.3 is 9.30 Å². The van der Waals surface area contributed by atoms with Gasteiger partial charge in [-0.1, -0.05) is 84.1 Å². The third-order valence-electron chi connectivity index (χ3n) is 5.53. The first-order valence-corrected chi connectivity index (χ1v) is 11.1. The molecule has 0 bridgehead atoms. The molecule has 0 radical (unpaired) electrons. The number of ether oxygens (including phenoxy) is 1. The van der Waals surface area contributed by atoms with Gasteiger partial charge in [0.15, 0.2) is 4.80 Å². The summed E-state index contributed by atoms with van der Waals surface area (Å²) in [7, 11) is 1.69. The molecule has 5 aromatic rings. The lowest BCUT2D eigenvalue weighted by atomic mass is 10.0. The van der Waals surface area contributed by atoms with E-state index < -0.39 is 0 Å². The highest BCUT2D eigenvalue weighted by molar-refractivity contribution is 7.17. The van der Waals surface area contributed by atoms with Gasteiger partial charge in [0.1, 0.15) is 0 Å². The molecule has 1 amide bonds. The van der Waals surface area contributed by atoms with Crippen molar-refractivity contribution in [3.8, 4) is 0 Å². The summed E-state index contributed by atoms with van der Waals surface area (Å²) in [5.41, 5.74) is 2.08. The number of aromatic nitrogens is 1. The molecule has 4 aromatic carbocycles. The van der Waals surface area contributed by atoms with Crippen LogP contribution in [-0.2, 0) is 22.5 Å². The average Bonchev–Trinajstić information content (AvgIpc) is 3.15. The molecule has 0 saturated heterocycles. The molecular formula is C26H22N2O2S. The van der Waals surface area contributed by atoms with Gasteiger partial charge in [-0.15, -0.1) is 0 Å². The summed E-state index contributed by atoms with van der Waals surface area (Å²) in [5.74, 6) is -0.140. The number of amides is 1. The van der Waals surface area contributed by atoms with Crippen molar-refractivity contribution in [2.45, 2.75) is 13.0 Å². The molecule has 0 fully saturated rings. The van der Waals surface area contributed by atoms with Gasteiger partial charge in [-0.05, 0) is 27.8 Å². The molecule has 0 aliphatic carbocycles. The Morgan fingerprint density at radius 3 is 2.42 bits per heavy atom. The topological polar surface area (TPSA) is 43.6 Å². The second kappa shape index (κ2) is 8.46. The lowest BCUT2D eigenvalue weighted by Crippen LogP contribution is -2.19. The van der Waals surface area contributed by atoms with E-state index in [1.54, 1.807) is 18.4 Å². The van der Waals surface area contributed by atoms with Crippen molar-refractivity contribution >= 4 is 49.0 Å². The first-order valence-electron chi connectivity index (χ1n) is 10.3. The number of fused-ring (bicyclic) bond motifs is 4. The predicted molar refractivity (Wildman–Crippen MR) is 127 cm³/mol. The van der Waals surface area contributed by atoms with E-state index >= 15 is 0 Å². The summed E-state index contributed by atoms with van der Waals surface area (Å²) in [6.45, 7) is 1.21. The normalized spacial score (nSPS) is 12.2. The highest BCUT2D eigenvalue weighted by atomic mass is 32.1. The van der Waals surface area contributed by atoms with Gasteiger partial charge in [0.2, 0.25) is 0 Å². The standard InChI is InChI=1S/C26H22N2O2S/c1-30-16-15-28-23-14-13-19-8-3-5-12-22(19)25(23)31-26(28)27-24(29)17-20-10-6-9-18-7-2-4-11-21(18)20/h2-14H,15-17H2,1H3. The Hall–Kier alpha value is -3.28. The van der Waals surface area contributed by atoms with E-state index in [2.05, 4.69) is 52.0 Å². The molecule has 0 aliphatic heterocycles. The zero-order valence-electron chi connectivity index (χ0n) is 17.2. The number of methoxy groups -OCH3 is 1. The van der Waals surface area contributed by atoms with Crippen molar-refractivity contribution in [3.63, 3.8) is 0 Å². The highest BCUT2D eigenvalue weighted by Crippen LogP contribution is 2.27. The van der Waals surface area contributed by atoms with Crippen molar-refractivity contribution in [1.29, 1.82) is 0 Å². The van der Waals surface area contributed by atoms with Crippen LogP contribution < -0.4 is 4.80 Å². The zero-order valence-corrected chi connectivity index (χ0v) is 18.1. The van der Waals surface area contributed by atoms with Gasteiger partial charge in [0.25, 0.3) is 5.91 Å². The van der Waals surface area contributed by atoms with Gasteiger partial charge >= 0.3 is 0 Å². The van der Waals surface area contributed by atoms with Gasteiger partial charge in [0, 0.05) is 19.0 Å². The van der Waals surface area contributed by atoms with Crippen LogP contribution in [0.25, 0.3) is 31.8 Å². The van der Waals surface area contributed by atoms with Gasteiger partial charge in [-0.25, -0.2) is 0 Å². The van der Waals surface area contributed by atoms with E-state index in [4.69, 9.17) is 4.74 Å². The molecule has 154 valence electrons. The maximum absolute atomic E-state index is 13.0. The van der Waals surface area contributed by atoms with E-state index in [-0.39, 0.29) is 12.3 Å². The third kappa shape index (κ3) is 3.78. The maximum Gasteiger partial charge on any atom is 0.252 e. The summed E-state index contributed by atoms with van der Waals surface area (Å²) in [6, 6.07) is 26.8. The summed E-state index contributed by atoms with van der Waals surface area (Å²) < 4.78 is 8.55. The Morgan fingerprint density at radius 1 is 0.903 bits per heavy atom. The Bertz CT molecular complexity index is 1470. The minimum Gasteiger partial charge on any atom is -0.383 e. The van der Waals surface area contributed by atoms with E-state index in [0.717, 1.165) is 26.6 Å². The molecule has 31 heavy (non-hydrogen) atoms. The Labute approximate surface area is 184 Å². The lowest BCUT2D eigenvalue weighted by molar-refractivity contribution is -0.117. The number of hydrogen-bond acceptors (Lipinski definition) is 3. The molecule has 0 spiro atoms. The van der Waals surface area contributed by atoms with Crippen LogP contribution in [-0.4, -0.2) is 24.2 Å². The second-order valence-electron chi connectivity index (χ2n) is 7.48. The van der Waals surface area contributed by atoms with Crippen LogP contribution in [0.5, 0.6) is 0 Å². The van der Waals surface area contributed by atoms with Crippen LogP contribution in [0.2, 0.25) is 0 Å². The molecule has 0 atom stereocenters. The lowest BCUT2D eigenvalue weighted by Gasteiger charge is -2.06. The molecule has 0 aliphatic rings. The number of hydrogen-bond donors (Lipinski definition) is 0. The molecular weight excluding hydrogens is 404 g/mol. The van der Waals surface area contributed by atoms with Crippen molar-refractivity contribution in [2.75, 3.05) is 13.7 Å². The molecule has 0 unspecified atom stereocenters. The summed E-state index contributed by atoms with van der Waals surface area (Å²) in [6.07, 6.45) is 0.278. The number of rotatable bonds is 5. The SMILES string of the molecule is COCCn1c(=NC(=O)Cc2cccc3ccccc23)sc2c3ccccc3ccc21. The largest absolute Gasteiger partial charge is 0.383 e. The maximum atomic E-state index is 13.0. The smallest absolute Gasteiger partial charge is 0.252 e. The second-order valence-corrected chi connectivity index (χ2v) is 8.46. The monoisotopic (exact) mass is 426 g/mol. The van der Waals surface area contributed by atoms with Crippen LogP contribution in [0.1, 0.15) is 5.56 Å². The first kappa shape index (κ1) is 19.7. The fraction of sp³-hybridized carbons (Fsp3) is 0.154. The summed E-state index contributed by atoms with van der Waals surface area (Å²) in [4.78, 5) is 18.2. The van der Waals surface area contributed by atoms with Crippen molar-refractivity contribution in [3.05, 3.63) is 89.2 Å². The predicted octanol–water partition coefficient (Wildman–Crippen LogP) is 5.33. The number of carbonyl (C=O) groups is 1.